The van der Waals surface area contributed by atoms with Crippen molar-refractivity contribution in [2.75, 3.05) is 0 Å². The van der Waals surface area contributed by atoms with Crippen molar-refractivity contribution in [2.45, 2.75) is 20.0 Å². The Morgan fingerprint density at radius 1 is 1.10 bits per heavy atom. The third-order valence-electron chi connectivity index (χ3n) is 2.89. The molecule has 0 aliphatic heterocycles. The van der Waals surface area contributed by atoms with Crippen molar-refractivity contribution in [1.82, 2.24) is 0 Å². The van der Waals surface area contributed by atoms with E-state index in [0.717, 1.165) is 11.3 Å². The van der Waals surface area contributed by atoms with Gasteiger partial charge in [-0.25, -0.2) is 0 Å². The predicted molar refractivity (Wildman–Crippen MR) is 82.2 cm³/mol. The third kappa shape index (κ3) is 3.15. The van der Waals surface area contributed by atoms with Crippen LogP contribution in [0.1, 0.15) is 35.3 Å². The van der Waals surface area contributed by atoms with Crippen LogP contribution in [0.2, 0.25) is 0 Å². The van der Waals surface area contributed by atoms with Gasteiger partial charge in [0, 0.05) is 16.7 Å². The second-order valence-corrected chi connectivity index (χ2v) is 4.82. The van der Waals surface area contributed by atoms with Crippen LogP contribution in [0.5, 0.6) is 5.75 Å². The van der Waals surface area contributed by atoms with Crippen LogP contribution in [0.4, 0.5) is 0 Å². The smallest absolute Gasteiger partial charge is 0.193 e. The maximum Gasteiger partial charge on any atom is 0.193 e. The van der Waals surface area contributed by atoms with Crippen LogP contribution < -0.4 is 4.74 Å². The first-order chi connectivity index (χ1) is 9.61. The SMILES string of the molecule is C=Cc1cc(C(=O)c2ccccc2)ccc1OC(C)C. The number of hydrogen-bond acceptors (Lipinski definition) is 2. The standard InChI is InChI=1S/C18H18O2/c1-4-14-12-16(10-11-17(14)20-13(2)3)18(19)15-8-6-5-7-9-15/h4-13H,1H2,2-3H3. The minimum atomic E-state index is 0.00444. The van der Waals surface area contributed by atoms with E-state index in [1.54, 1.807) is 12.1 Å². The number of ketones is 1. The van der Waals surface area contributed by atoms with Gasteiger partial charge in [0.1, 0.15) is 5.75 Å². The van der Waals surface area contributed by atoms with Gasteiger partial charge < -0.3 is 4.74 Å². The quantitative estimate of drug-likeness (QED) is 0.752. The lowest BCUT2D eigenvalue weighted by atomic mass is 10.0. The Kier molecular flexibility index (Phi) is 4.36. The number of ether oxygens (including phenoxy) is 1. The fourth-order valence-corrected chi connectivity index (χ4v) is 1.97. The van der Waals surface area contributed by atoms with Crippen molar-refractivity contribution in [3.8, 4) is 5.75 Å². The van der Waals surface area contributed by atoms with E-state index in [9.17, 15) is 4.79 Å². The number of rotatable bonds is 5. The molecular weight excluding hydrogens is 248 g/mol. The molecule has 102 valence electrons. The average Bonchev–Trinajstić information content (AvgIpc) is 2.47. The van der Waals surface area contributed by atoms with E-state index in [1.165, 1.54) is 0 Å². The summed E-state index contributed by atoms with van der Waals surface area (Å²) in [6.07, 6.45) is 1.80. The Bertz CT molecular complexity index is 613. The molecule has 0 bridgehead atoms. The highest BCUT2D eigenvalue weighted by molar-refractivity contribution is 6.09. The normalized spacial score (nSPS) is 10.3. The number of carbonyl (C=O) groups excluding carboxylic acids is 1. The lowest BCUT2D eigenvalue weighted by Crippen LogP contribution is -2.08. The molecule has 0 fully saturated rings. The summed E-state index contributed by atoms with van der Waals surface area (Å²) in [5.74, 6) is 0.754. The largest absolute Gasteiger partial charge is 0.490 e. The van der Waals surface area contributed by atoms with Gasteiger partial charge in [-0.05, 0) is 32.0 Å². The number of hydrogen-bond donors (Lipinski definition) is 0. The molecule has 2 nitrogen and oxygen atoms in total. The van der Waals surface area contributed by atoms with Crippen LogP contribution in [0.25, 0.3) is 6.08 Å². The van der Waals surface area contributed by atoms with E-state index in [4.69, 9.17) is 4.74 Å². The van der Waals surface area contributed by atoms with Gasteiger partial charge in [-0.1, -0.05) is 43.0 Å². The van der Waals surface area contributed by atoms with Gasteiger partial charge in [0.2, 0.25) is 0 Å². The Balaban J connectivity index is 2.35. The van der Waals surface area contributed by atoms with Gasteiger partial charge in [0.15, 0.2) is 5.78 Å². The monoisotopic (exact) mass is 266 g/mol. The first kappa shape index (κ1) is 14.1. The molecule has 0 atom stereocenters. The van der Waals surface area contributed by atoms with Crippen molar-refractivity contribution in [3.05, 3.63) is 71.8 Å². The molecule has 0 aromatic heterocycles. The Morgan fingerprint density at radius 3 is 2.40 bits per heavy atom. The molecule has 0 spiro atoms. The molecule has 0 radical (unpaired) electrons. The molecule has 2 heteroatoms. The summed E-state index contributed by atoms with van der Waals surface area (Å²) >= 11 is 0. The summed E-state index contributed by atoms with van der Waals surface area (Å²) in [6.45, 7) is 7.72. The summed E-state index contributed by atoms with van der Waals surface area (Å²) in [4.78, 5) is 12.4. The molecule has 0 saturated heterocycles. The first-order valence-electron chi connectivity index (χ1n) is 6.64. The lowest BCUT2D eigenvalue weighted by Gasteiger charge is -2.13. The second-order valence-electron chi connectivity index (χ2n) is 4.82. The molecule has 0 aliphatic carbocycles. The molecular formula is C18H18O2. The first-order valence-corrected chi connectivity index (χ1v) is 6.64. The predicted octanol–water partition coefficient (Wildman–Crippen LogP) is 4.35. The van der Waals surface area contributed by atoms with E-state index >= 15 is 0 Å². The zero-order chi connectivity index (χ0) is 14.5. The fourth-order valence-electron chi connectivity index (χ4n) is 1.97. The molecule has 0 N–H and O–H groups in total. The minimum Gasteiger partial charge on any atom is -0.490 e. The van der Waals surface area contributed by atoms with E-state index in [2.05, 4.69) is 6.58 Å². The zero-order valence-corrected chi connectivity index (χ0v) is 11.8. The minimum absolute atomic E-state index is 0.00444. The molecule has 2 aromatic rings. The van der Waals surface area contributed by atoms with Crippen LogP contribution in [0.3, 0.4) is 0 Å². The topological polar surface area (TPSA) is 26.3 Å². The van der Waals surface area contributed by atoms with E-state index < -0.39 is 0 Å². The van der Waals surface area contributed by atoms with Crippen LogP contribution in [0.15, 0.2) is 55.1 Å². The molecule has 0 amide bonds. The van der Waals surface area contributed by atoms with E-state index in [0.29, 0.717) is 11.1 Å². The molecule has 20 heavy (non-hydrogen) atoms. The zero-order valence-electron chi connectivity index (χ0n) is 11.8. The number of benzene rings is 2. The summed E-state index contributed by atoms with van der Waals surface area (Å²) < 4.78 is 5.69. The molecule has 0 aliphatic rings. The van der Waals surface area contributed by atoms with Gasteiger partial charge >= 0.3 is 0 Å². The highest BCUT2D eigenvalue weighted by Crippen LogP contribution is 2.24. The highest BCUT2D eigenvalue weighted by Gasteiger charge is 2.11. The van der Waals surface area contributed by atoms with Crippen molar-refractivity contribution in [3.63, 3.8) is 0 Å². The lowest BCUT2D eigenvalue weighted by molar-refractivity contribution is 0.103. The van der Waals surface area contributed by atoms with Crippen LogP contribution in [0, 0.1) is 0 Å². The third-order valence-corrected chi connectivity index (χ3v) is 2.89. The van der Waals surface area contributed by atoms with E-state index in [-0.39, 0.29) is 11.9 Å². The maximum absolute atomic E-state index is 12.4. The molecule has 0 unspecified atom stereocenters. The maximum atomic E-state index is 12.4. The van der Waals surface area contributed by atoms with Crippen LogP contribution in [-0.4, -0.2) is 11.9 Å². The average molecular weight is 266 g/mol. The summed E-state index contributed by atoms with van der Waals surface area (Å²) in [5, 5.41) is 0. The van der Waals surface area contributed by atoms with Crippen molar-refractivity contribution in [1.29, 1.82) is 0 Å². The van der Waals surface area contributed by atoms with Crippen molar-refractivity contribution in [2.24, 2.45) is 0 Å². The second kappa shape index (κ2) is 6.20. The van der Waals surface area contributed by atoms with Gasteiger partial charge in [0.05, 0.1) is 6.10 Å². The van der Waals surface area contributed by atoms with Gasteiger partial charge in [0.25, 0.3) is 0 Å². The molecule has 2 rings (SSSR count). The Labute approximate surface area is 119 Å². The van der Waals surface area contributed by atoms with Gasteiger partial charge in [-0.15, -0.1) is 0 Å². The molecule has 0 heterocycles. The van der Waals surface area contributed by atoms with Crippen molar-refractivity contribution >= 4 is 11.9 Å². The van der Waals surface area contributed by atoms with Gasteiger partial charge in [-0.3, -0.25) is 4.79 Å². The Hall–Kier alpha value is -2.35. The van der Waals surface area contributed by atoms with E-state index in [1.807, 2.05) is 56.3 Å². The Morgan fingerprint density at radius 2 is 1.80 bits per heavy atom. The summed E-state index contributed by atoms with van der Waals surface area (Å²) in [6, 6.07) is 14.7. The summed E-state index contributed by atoms with van der Waals surface area (Å²) in [5.41, 5.74) is 2.16. The highest BCUT2D eigenvalue weighted by atomic mass is 16.5. The molecule has 2 aromatic carbocycles. The van der Waals surface area contributed by atoms with Gasteiger partial charge in [-0.2, -0.15) is 0 Å². The van der Waals surface area contributed by atoms with Crippen molar-refractivity contribution < 1.29 is 9.53 Å². The number of carbonyl (C=O) groups is 1. The molecule has 0 saturated carbocycles. The fraction of sp³-hybridized carbons (Fsp3) is 0.167. The van der Waals surface area contributed by atoms with Crippen LogP contribution >= 0.6 is 0 Å². The van der Waals surface area contributed by atoms with Crippen LogP contribution in [-0.2, 0) is 0 Å². The summed E-state index contributed by atoms with van der Waals surface area (Å²) in [7, 11) is 0.